The number of aryl methyl sites for hydroxylation is 4. The Balaban J connectivity index is -0.000000558. The van der Waals surface area contributed by atoms with Gasteiger partial charge in [-0.15, -0.1) is 22.7 Å². The minimum atomic E-state index is -0.770. The van der Waals surface area contributed by atoms with Crippen LogP contribution in [0.5, 0.6) is 0 Å². The van der Waals surface area contributed by atoms with Crippen LogP contribution in [0.25, 0.3) is 0 Å². The van der Waals surface area contributed by atoms with Gasteiger partial charge in [-0.05, 0) is 51.0 Å². The van der Waals surface area contributed by atoms with Crippen molar-refractivity contribution in [3.05, 3.63) is 96.9 Å². The molecule has 9 nitrogen and oxygen atoms in total. The van der Waals surface area contributed by atoms with Crippen LogP contribution < -0.4 is 108 Å². The molecule has 4 aromatic rings. The molecule has 2 aromatic heterocycles. The van der Waals surface area contributed by atoms with Crippen molar-refractivity contribution in [3.8, 4) is 0 Å². The second-order valence-corrected chi connectivity index (χ2v) is 12.2. The molecule has 222 valence electrons. The summed E-state index contributed by atoms with van der Waals surface area (Å²) in [5.41, 5.74) is 3.31. The van der Waals surface area contributed by atoms with Crippen molar-refractivity contribution in [2.75, 3.05) is 0 Å². The van der Waals surface area contributed by atoms with Gasteiger partial charge in [-0.2, -0.15) is 0 Å². The molecule has 0 aliphatic heterocycles. The Morgan fingerprint density at radius 1 is 0.953 bits per heavy atom. The van der Waals surface area contributed by atoms with E-state index in [4.69, 9.17) is 38.6 Å². The van der Waals surface area contributed by atoms with Crippen LogP contribution >= 0.6 is 58.3 Å². The van der Waals surface area contributed by atoms with Crippen LogP contribution in [0.2, 0.25) is 0 Å². The van der Waals surface area contributed by atoms with Gasteiger partial charge in [0, 0.05) is 38.8 Å². The number of carbonyl (C=O) groups excluding carboxylic acids is 3. The Morgan fingerprint density at radius 3 is 1.77 bits per heavy atom. The topological polar surface area (TPSA) is 131 Å². The number of aromatic amines is 1. The molecule has 0 unspecified atom stereocenters. The number of hydrogen-bond donors (Lipinski definition) is 1. The number of halogens is 1. The van der Waals surface area contributed by atoms with E-state index >= 15 is 0 Å². The van der Waals surface area contributed by atoms with Gasteiger partial charge < -0.3 is 26.0 Å². The SMILES string of the molecule is Cc1[nH]c(=S)sc1C.Cc1nc(SC(=O)OCc2ccccc2)sc1C.O=C(Cl)OCc1ccccc1.O=CO[O-].[H-].[K+].[K+]. The van der Waals surface area contributed by atoms with Crippen molar-refractivity contribution in [1.82, 2.24) is 9.97 Å². The zero-order chi connectivity index (χ0) is 30.6. The van der Waals surface area contributed by atoms with Crippen molar-refractivity contribution in [2.24, 2.45) is 0 Å². The Bertz CT molecular complexity index is 1370. The van der Waals surface area contributed by atoms with Gasteiger partial charge >= 0.3 is 113 Å². The molecule has 43 heavy (non-hydrogen) atoms. The monoisotopic (exact) mass is 734 g/mol. The molecule has 1 N–H and O–H groups in total. The van der Waals surface area contributed by atoms with Crippen molar-refractivity contribution in [2.45, 2.75) is 45.2 Å². The summed E-state index contributed by atoms with van der Waals surface area (Å²) in [5, 5.41) is 8.12. The summed E-state index contributed by atoms with van der Waals surface area (Å²) < 4.78 is 11.3. The summed E-state index contributed by atoms with van der Waals surface area (Å²) in [6, 6.07) is 19.0. The third kappa shape index (κ3) is 22.4. The van der Waals surface area contributed by atoms with Gasteiger partial charge in [-0.3, -0.25) is 4.79 Å². The van der Waals surface area contributed by atoms with E-state index in [1.54, 1.807) is 11.3 Å². The Labute approximate surface area is 359 Å². The number of nitrogens with zero attached hydrogens (tertiary/aromatic N) is 1. The number of carbonyl (C=O) groups is 3. The van der Waals surface area contributed by atoms with Crippen molar-refractivity contribution >= 4 is 75.5 Å². The van der Waals surface area contributed by atoms with Gasteiger partial charge in [0.2, 0.25) is 0 Å². The van der Waals surface area contributed by atoms with E-state index < -0.39 is 5.43 Å². The molecular weight excluding hydrogens is 706 g/mol. The number of rotatable bonds is 6. The zero-order valence-corrected chi connectivity index (χ0v) is 34.8. The summed E-state index contributed by atoms with van der Waals surface area (Å²) in [7, 11) is 0. The van der Waals surface area contributed by atoms with Crippen molar-refractivity contribution < 1.29 is 138 Å². The normalized spacial score (nSPS) is 8.98. The van der Waals surface area contributed by atoms with Gasteiger partial charge in [-0.1, -0.05) is 60.7 Å². The summed E-state index contributed by atoms with van der Waals surface area (Å²) in [6.07, 6.45) is 0. The Hall–Kier alpha value is 0.203. The van der Waals surface area contributed by atoms with Gasteiger partial charge in [0.1, 0.15) is 13.2 Å². The third-order valence-corrected chi connectivity index (χ3v) is 7.96. The fourth-order valence-electron chi connectivity index (χ4n) is 2.50. The van der Waals surface area contributed by atoms with E-state index in [1.165, 1.54) is 21.9 Å². The van der Waals surface area contributed by atoms with Crippen LogP contribution in [0, 0.1) is 31.6 Å². The standard InChI is InChI=1S/C13H13NO2S2.C8H7ClO2.C5H7NS2.CH2O3.2K.H/c1-9-10(2)17-12(14-9)18-13(15)16-8-11-6-4-3-5-7-11;9-8(10)11-6-7-4-2-1-3-5-7;1-3-4(2)8-5(7)6-3;2-1-4-3;;;/h3-7H,8H2,1-2H3;1-5H,6H2;1-2H3,(H,6,7);1,3H;;;/q;;;;2*+1;-1/p-1. The molecule has 0 bridgehead atoms. The van der Waals surface area contributed by atoms with Gasteiger partial charge in [0.25, 0.3) is 6.47 Å². The second-order valence-electron chi connectivity index (χ2n) is 7.65. The maximum atomic E-state index is 11.6. The fourth-order valence-corrected chi connectivity index (χ4v) is 5.60. The number of thiazole rings is 2. The van der Waals surface area contributed by atoms with Gasteiger partial charge in [0.15, 0.2) is 8.29 Å². The first-order chi connectivity index (χ1) is 19.5. The molecule has 0 spiro atoms. The van der Waals surface area contributed by atoms with Gasteiger partial charge in [0.05, 0.1) is 5.69 Å². The maximum Gasteiger partial charge on any atom is 1.00 e. The van der Waals surface area contributed by atoms with E-state index in [9.17, 15) is 9.59 Å². The summed E-state index contributed by atoms with van der Waals surface area (Å²) in [6.45, 7) is 8.38. The fraction of sp³-hybridized carbons (Fsp3) is 0.222. The first kappa shape index (κ1) is 45.3. The number of aromatic nitrogens is 2. The van der Waals surface area contributed by atoms with Crippen molar-refractivity contribution in [3.63, 3.8) is 0 Å². The van der Waals surface area contributed by atoms with Crippen LogP contribution in [0.3, 0.4) is 0 Å². The number of H-pyrrole nitrogens is 1. The molecule has 2 aromatic carbocycles. The molecule has 0 fully saturated rings. The summed E-state index contributed by atoms with van der Waals surface area (Å²) in [5.74, 6) is 0. The Kier molecular flexibility index (Phi) is 28.8. The third-order valence-electron chi connectivity index (χ3n) is 4.68. The molecule has 0 saturated carbocycles. The average molecular weight is 735 g/mol. The van der Waals surface area contributed by atoms with E-state index in [2.05, 4.69) is 26.5 Å². The number of nitrogens with one attached hydrogen (secondary N) is 1. The largest absolute Gasteiger partial charge is 1.00 e. The minimum absolute atomic E-state index is 0. The average Bonchev–Trinajstić information content (AvgIpc) is 3.44. The maximum absolute atomic E-state index is 11.6. The summed E-state index contributed by atoms with van der Waals surface area (Å²) in [4.78, 5) is 42.8. The summed E-state index contributed by atoms with van der Waals surface area (Å²) >= 11 is 14.0. The van der Waals surface area contributed by atoms with Crippen LogP contribution in [-0.4, -0.2) is 27.2 Å². The van der Waals surface area contributed by atoms with Crippen LogP contribution in [0.15, 0.2) is 65.0 Å². The zero-order valence-electron chi connectivity index (χ0n) is 25.6. The second kappa shape index (κ2) is 27.3. The number of hydrogen-bond acceptors (Lipinski definition) is 12. The molecule has 0 atom stereocenters. The number of benzene rings is 2. The predicted molar refractivity (Wildman–Crippen MR) is 164 cm³/mol. The van der Waals surface area contributed by atoms with Crippen LogP contribution in [0.1, 0.15) is 33.7 Å². The molecule has 4 rings (SSSR count). The Morgan fingerprint density at radius 2 is 1.44 bits per heavy atom. The molecule has 0 aliphatic rings. The molecular formula is C27H29ClK2N2O7S4. The molecule has 2 heterocycles. The first-order valence-electron chi connectivity index (χ1n) is 11.6. The van der Waals surface area contributed by atoms with Crippen LogP contribution in [-0.2, 0) is 32.4 Å². The van der Waals surface area contributed by atoms with Crippen molar-refractivity contribution in [1.29, 1.82) is 0 Å². The molecule has 0 radical (unpaired) electrons. The number of ether oxygens (including phenoxy) is 2. The molecule has 0 aliphatic carbocycles. The smallest absolute Gasteiger partial charge is 1.00 e. The van der Waals surface area contributed by atoms with Gasteiger partial charge in [-0.25, -0.2) is 14.6 Å². The quantitative estimate of drug-likeness (QED) is 0.0457. The molecule has 0 amide bonds. The minimum Gasteiger partial charge on any atom is -1.00 e. The predicted octanol–water partition coefficient (Wildman–Crippen LogP) is 1.73. The molecule has 0 saturated heterocycles. The van der Waals surface area contributed by atoms with E-state index in [0.29, 0.717) is 6.61 Å². The van der Waals surface area contributed by atoms with E-state index in [0.717, 1.165) is 41.8 Å². The number of thioether (sulfide) groups is 1. The van der Waals surface area contributed by atoms with E-state index in [-0.39, 0.29) is 123 Å². The van der Waals surface area contributed by atoms with E-state index in [1.807, 2.05) is 81.4 Å². The van der Waals surface area contributed by atoms with Crippen LogP contribution in [0.4, 0.5) is 9.59 Å². The molecule has 16 heteroatoms. The first-order valence-corrected chi connectivity index (χ1v) is 14.9.